The molecule has 0 aromatic carbocycles. The van der Waals surface area contributed by atoms with Gasteiger partial charge >= 0.3 is 0 Å². The molecule has 0 bridgehead atoms. The molecule has 0 fully saturated rings. The van der Waals surface area contributed by atoms with E-state index in [0.717, 1.165) is 0 Å². The molecule has 0 rings (SSSR count). The van der Waals surface area contributed by atoms with E-state index in [2.05, 4.69) is 47.9 Å². The van der Waals surface area contributed by atoms with Crippen LogP contribution in [0.4, 0.5) is 0 Å². The molecule has 0 saturated heterocycles. The third-order valence-electron chi connectivity index (χ3n) is 1.20. The quantitative estimate of drug-likeness (QED) is 0.649. The van der Waals surface area contributed by atoms with Crippen LogP contribution in [0.2, 0.25) is 0 Å². The molecule has 0 unspecified atom stereocenters. The molecule has 9 heavy (non-hydrogen) atoms. The van der Waals surface area contributed by atoms with Crippen molar-refractivity contribution < 1.29 is 0 Å². The van der Waals surface area contributed by atoms with E-state index >= 15 is 0 Å². The Hall–Kier alpha value is 0.0200. The van der Waals surface area contributed by atoms with Crippen molar-refractivity contribution in [1.82, 2.24) is 4.90 Å². The molecule has 0 aliphatic rings. The topological polar surface area (TPSA) is 3.24 Å². The zero-order chi connectivity index (χ0) is 7.44. The maximum Gasteiger partial charge on any atom is 0.0224 e. The lowest BCUT2D eigenvalue weighted by Gasteiger charge is -2.18. The van der Waals surface area contributed by atoms with Crippen LogP contribution in [0.25, 0.3) is 0 Å². The molecular formula is C7H14BrN. The first-order chi connectivity index (χ1) is 4.04. The first kappa shape index (κ1) is 9.02. The van der Waals surface area contributed by atoms with Crippen molar-refractivity contribution in [3.8, 4) is 0 Å². The van der Waals surface area contributed by atoms with Gasteiger partial charge in [0.1, 0.15) is 0 Å². The highest BCUT2D eigenvalue weighted by Crippen LogP contribution is 2.05. The summed E-state index contributed by atoms with van der Waals surface area (Å²) in [6.07, 6.45) is 2.07. The Morgan fingerprint density at radius 2 is 2.00 bits per heavy atom. The van der Waals surface area contributed by atoms with Gasteiger partial charge in [-0.15, -0.1) is 0 Å². The minimum Gasteiger partial charge on any atom is -0.377 e. The van der Waals surface area contributed by atoms with Gasteiger partial charge in [0.2, 0.25) is 0 Å². The maximum absolute atomic E-state index is 3.36. The Morgan fingerprint density at radius 3 is 2.11 bits per heavy atom. The summed E-state index contributed by atoms with van der Waals surface area (Å²) in [7, 11) is 2.06. The molecule has 0 aromatic rings. The predicted octanol–water partition coefficient (Wildman–Crippen LogP) is 2.58. The second kappa shape index (κ2) is 3.94. The maximum atomic E-state index is 3.36. The van der Waals surface area contributed by atoms with Crippen molar-refractivity contribution in [3.05, 3.63) is 10.7 Å². The van der Waals surface area contributed by atoms with Gasteiger partial charge in [-0.25, -0.2) is 0 Å². The summed E-state index contributed by atoms with van der Waals surface area (Å²) in [6.45, 7) is 6.34. The minimum absolute atomic E-state index is 0.581. The van der Waals surface area contributed by atoms with Crippen LogP contribution in [0.5, 0.6) is 0 Å². The first-order valence-electron chi connectivity index (χ1n) is 3.10. The zero-order valence-corrected chi connectivity index (χ0v) is 8.07. The molecule has 0 saturated carbocycles. The summed E-state index contributed by atoms with van der Waals surface area (Å²) in [5.74, 6) is 0. The van der Waals surface area contributed by atoms with Crippen LogP contribution in [0.3, 0.4) is 0 Å². The van der Waals surface area contributed by atoms with E-state index in [9.17, 15) is 0 Å². The number of hydrogen-bond donors (Lipinski definition) is 0. The van der Waals surface area contributed by atoms with Crippen molar-refractivity contribution >= 4 is 15.9 Å². The van der Waals surface area contributed by atoms with Gasteiger partial charge in [0.15, 0.2) is 0 Å². The molecule has 0 spiro atoms. The molecule has 0 atom stereocenters. The Bertz CT molecular complexity index is 103. The number of rotatable bonds is 2. The fraction of sp³-hybridized carbons (Fsp3) is 0.714. The second-order valence-corrected chi connectivity index (χ2v) is 3.73. The molecule has 54 valence electrons. The average molecular weight is 192 g/mol. The molecule has 0 aromatic heterocycles. The van der Waals surface area contributed by atoms with Gasteiger partial charge < -0.3 is 4.90 Å². The van der Waals surface area contributed by atoms with Gasteiger partial charge in [-0.1, -0.05) is 15.9 Å². The molecule has 0 heterocycles. The largest absolute Gasteiger partial charge is 0.377 e. The highest BCUT2D eigenvalue weighted by molar-refractivity contribution is 9.11. The average Bonchev–Trinajstić information content (AvgIpc) is 1.63. The number of halogens is 1. The fourth-order valence-corrected chi connectivity index (χ4v) is 0.753. The lowest BCUT2D eigenvalue weighted by atomic mass is 10.4. The Labute approximate surface area is 65.9 Å². The van der Waals surface area contributed by atoms with Crippen LogP contribution in [-0.4, -0.2) is 18.0 Å². The SMILES string of the molecule is CC(Br)=CN(C)C(C)C. The number of allylic oxidation sites excluding steroid dienone is 1. The van der Waals surface area contributed by atoms with Crippen molar-refractivity contribution in [1.29, 1.82) is 0 Å². The van der Waals surface area contributed by atoms with Crippen LogP contribution in [0.1, 0.15) is 20.8 Å². The third-order valence-corrected chi connectivity index (χ3v) is 1.40. The molecule has 0 amide bonds. The lowest BCUT2D eigenvalue weighted by molar-refractivity contribution is 0.375. The highest BCUT2D eigenvalue weighted by Gasteiger charge is 1.95. The van der Waals surface area contributed by atoms with Gasteiger partial charge in [0.25, 0.3) is 0 Å². The first-order valence-corrected chi connectivity index (χ1v) is 3.89. The van der Waals surface area contributed by atoms with Crippen molar-refractivity contribution in [2.45, 2.75) is 26.8 Å². The summed E-state index contributed by atoms with van der Waals surface area (Å²) in [5, 5.41) is 0. The fourth-order valence-electron chi connectivity index (χ4n) is 0.430. The second-order valence-electron chi connectivity index (χ2n) is 2.48. The standard InChI is InChI=1S/C7H14BrN/c1-6(2)9(4)5-7(3)8/h5-6H,1-4H3. The van der Waals surface area contributed by atoms with Gasteiger partial charge in [0, 0.05) is 23.8 Å². The van der Waals surface area contributed by atoms with E-state index < -0.39 is 0 Å². The third kappa shape index (κ3) is 4.52. The van der Waals surface area contributed by atoms with E-state index in [1.54, 1.807) is 0 Å². The molecule has 0 radical (unpaired) electrons. The van der Waals surface area contributed by atoms with Gasteiger partial charge in [-0.3, -0.25) is 0 Å². The molecule has 0 aliphatic carbocycles. The predicted molar refractivity (Wildman–Crippen MR) is 45.6 cm³/mol. The van der Waals surface area contributed by atoms with Crippen molar-refractivity contribution in [2.24, 2.45) is 0 Å². The summed E-state index contributed by atoms with van der Waals surface area (Å²) in [5.41, 5.74) is 0. The summed E-state index contributed by atoms with van der Waals surface area (Å²) < 4.78 is 1.17. The Morgan fingerprint density at radius 1 is 1.56 bits per heavy atom. The van der Waals surface area contributed by atoms with E-state index in [0.29, 0.717) is 6.04 Å². The number of nitrogens with zero attached hydrogens (tertiary/aromatic N) is 1. The van der Waals surface area contributed by atoms with E-state index in [1.165, 1.54) is 4.48 Å². The van der Waals surface area contributed by atoms with Crippen LogP contribution in [0.15, 0.2) is 10.7 Å². The van der Waals surface area contributed by atoms with E-state index in [4.69, 9.17) is 0 Å². The van der Waals surface area contributed by atoms with Gasteiger partial charge in [0.05, 0.1) is 0 Å². The van der Waals surface area contributed by atoms with Crippen LogP contribution in [0, 0.1) is 0 Å². The molecule has 0 N–H and O–H groups in total. The molecular weight excluding hydrogens is 178 g/mol. The van der Waals surface area contributed by atoms with Crippen molar-refractivity contribution in [3.63, 3.8) is 0 Å². The highest BCUT2D eigenvalue weighted by atomic mass is 79.9. The normalized spacial score (nSPS) is 12.4. The number of hydrogen-bond acceptors (Lipinski definition) is 1. The minimum atomic E-state index is 0.581. The lowest BCUT2D eigenvalue weighted by Crippen LogP contribution is -2.19. The molecule has 0 aliphatic heterocycles. The summed E-state index contributed by atoms with van der Waals surface area (Å²) in [6, 6.07) is 0.581. The van der Waals surface area contributed by atoms with Gasteiger partial charge in [-0.2, -0.15) is 0 Å². The molecule has 2 heteroatoms. The van der Waals surface area contributed by atoms with Crippen LogP contribution >= 0.6 is 15.9 Å². The smallest absolute Gasteiger partial charge is 0.0224 e. The van der Waals surface area contributed by atoms with Crippen molar-refractivity contribution in [2.75, 3.05) is 7.05 Å². The van der Waals surface area contributed by atoms with Crippen LogP contribution < -0.4 is 0 Å². The van der Waals surface area contributed by atoms with E-state index in [-0.39, 0.29) is 0 Å². The van der Waals surface area contributed by atoms with Crippen LogP contribution in [-0.2, 0) is 0 Å². The van der Waals surface area contributed by atoms with E-state index in [1.807, 2.05) is 6.92 Å². The van der Waals surface area contributed by atoms with Gasteiger partial charge in [-0.05, 0) is 20.8 Å². The zero-order valence-electron chi connectivity index (χ0n) is 6.48. The Kier molecular flexibility index (Phi) is 3.95. The Balaban J connectivity index is 3.76. The monoisotopic (exact) mass is 191 g/mol. The molecule has 1 nitrogen and oxygen atoms in total. The summed E-state index contributed by atoms with van der Waals surface area (Å²) >= 11 is 3.36. The summed E-state index contributed by atoms with van der Waals surface area (Å²) in [4.78, 5) is 2.16.